The molecule has 0 bridgehead atoms. The first-order valence-corrected chi connectivity index (χ1v) is 7.16. The minimum absolute atomic E-state index is 0.132. The first-order chi connectivity index (χ1) is 8.81. The number of nitrogens with one attached hydrogen (secondary N) is 1. The number of benzene rings is 1. The number of hydrogen-bond acceptors (Lipinski definition) is 4. The maximum atomic E-state index is 11.6. The fourth-order valence-corrected chi connectivity index (χ4v) is 3.14. The molecule has 102 valence electrons. The Morgan fingerprint density at radius 3 is 2.16 bits per heavy atom. The maximum absolute atomic E-state index is 11.6. The van der Waals surface area contributed by atoms with Crippen molar-refractivity contribution in [1.82, 2.24) is 5.32 Å². The van der Waals surface area contributed by atoms with E-state index in [1.54, 1.807) is 12.1 Å². The average Bonchev–Trinajstić information content (AvgIpc) is 2.32. The predicted molar refractivity (Wildman–Crippen MR) is 82.9 cm³/mol. The zero-order valence-electron chi connectivity index (χ0n) is 9.44. The molecule has 0 aromatic heterocycles. The summed E-state index contributed by atoms with van der Waals surface area (Å²) in [4.78, 5) is 33.1. The van der Waals surface area contributed by atoms with Gasteiger partial charge >= 0.3 is 5.97 Å². The van der Waals surface area contributed by atoms with Crippen molar-refractivity contribution in [1.29, 1.82) is 0 Å². The van der Waals surface area contributed by atoms with E-state index in [1.807, 2.05) is 50.5 Å². The van der Waals surface area contributed by atoms with Crippen molar-refractivity contribution in [2.45, 2.75) is 6.42 Å². The van der Waals surface area contributed by atoms with Crippen LogP contribution >= 0.6 is 45.2 Å². The first-order valence-electron chi connectivity index (χ1n) is 5.01. The van der Waals surface area contributed by atoms with Crippen LogP contribution in [0.15, 0.2) is 12.1 Å². The van der Waals surface area contributed by atoms with Crippen molar-refractivity contribution in [3.05, 3.63) is 24.8 Å². The van der Waals surface area contributed by atoms with Gasteiger partial charge in [0.05, 0.1) is 7.14 Å². The monoisotopic (exact) mass is 489 g/mol. The molecule has 19 heavy (non-hydrogen) atoms. The maximum Gasteiger partial charge on any atom is 0.322 e. The van der Waals surface area contributed by atoms with Crippen LogP contribution in [0.2, 0.25) is 0 Å². The second-order valence-corrected chi connectivity index (χ2v) is 5.91. The van der Waals surface area contributed by atoms with Gasteiger partial charge in [-0.15, -0.1) is 0 Å². The highest BCUT2D eigenvalue weighted by atomic mass is 127. The van der Waals surface area contributed by atoms with E-state index in [4.69, 9.17) is 5.11 Å². The van der Waals surface area contributed by atoms with E-state index in [-0.39, 0.29) is 12.2 Å². The van der Waals surface area contributed by atoms with Crippen LogP contribution in [-0.4, -0.2) is 34.4 Å². The highest BCUT2D eigenvalue weighted by molar-refractivity contribution is 14.1. The topological polar surface area (TPSA) is 104 Å². The predicted octanol–water partition coefficient (Wildman–Crippen LogP) is 0.914. The van der Waals surface area contributed by atoms with E-state index in [0.29, 0.717) is 12.7 Å². The molecule has 6 nitrogen and oxygen atoms in total. The third kappa shape index (κ3) is 4.93. The Labute approximate surface area is 135 Å². The highest BCUT2D eigenvalue weighted by Crippen LogP contribution is 2.27. The van der Waals surface area contributed by atoms with Crippen molar-refractivity contribution >= 4 is 62.8 Å². The first kappa shape index (κ1) is 16.1. The van der Waals surface area contributed by atoms with Crippen LogP contribution in [0.3, 0.4) is 0 Å². The van der Waals surface area contributed by atoms with E-state index in [2.05, 4.69) is 0 Å². The molecule has 0 saturated heterocycles. The minimum Gasteiger partial charge on any atom is -0.506 e. The van der Waals surface area contributed by atoms with E-state index in [0.717, 1.165) is 0 Å². The van der Waals surface area contributed by atoms with Gasteiger partial charge in [-0.2, -0.15) is 0 Å². The molecule has 1 aromatic carbocycles. The number of carboxylic acids is 1. The lowest BCUT2D eigenvalue weighted by atomic mass is 10.1. The second kappa shape index (κ2) is 7.03. The molecule has 0 unspecified atom stereocenters. The van der Waals surface area contributed by atoms with E-state index in [1.165, 1.54) is 0 Å². The van der Waals surface area contributed by atoms with Gasteiger partial charge in [-0.25, -0.2) is 0 Å². The van der Waals surface area contributed by atoms with Crippen molar-refractivity contribution in [2.24, 2.45) is 0 Å². The third-order valence-corrected chi connectivity index (χ3v) is 3.74. The number of ketones is 1. The number of Topliss-reactive ketones (excluding diaryl/α,β-unsaturated/α-hetero) is 1. The Morgan fingerprint density at radius 1 is 1.16 bits per heavy atom. The third-order valence-electron chi connectivity index (χ3n) is 2.09. The largest absolute Gasteiger partial charge is 0.506 e. The second-order valence-electron chi connectivity index (χ2n) is 3.58. The number of halogens is 2. The Kier molecular flexibility index (Phi) is 5.97. The van der Waals surface area contributed by atoms with Crippen LogP contribution in [0, 0.1) is 7.14 Å². The van der Waals surface area contributed by atoms with Crippen LogP contribution in [0.25, 0.3) is 0 Å². The van der Waals surface area contributed by atoms with E-state index >= 15 is 0 Å². The lowest BCUT2D eigenvalue weighted by Gasteiger charge is -2.05. The molecule has 0 aliphatic rings. The average molecular weight is 489 g/mol. The molecule has 0 aliphatic carbocycles. The zero-order valence-corrected chi connectivity index (χ0v) is 13.8. The molecule has 1 rings (SSSR count). The summed E-state index contributed by atoms with van der Waals surface area (Å²) in [5, 5.41) is 20.0. The quantitative estimate of drug-likeness (QED) is 0.422. The van der Waals surface area contributed by atoms with Gasteiger partial charge in [0.25, 0.3) is 5.91 Å². The number of carbonyl (C=O) groups excluding carboxylic acids is 2. The molecule has 1 aromatic rings. The molecule has 8 heteroatoms. The van der Waals surface area contributed by atoms with Crippen molar-refractivity contribution in [3.63, 3.8) is 0 Å². The van der Waals surface area contributed by atoms with Gasteiger partial charge in [0.1, 0.15) is 12.3 Å². The highest BCUT2D eigenvalue weighted by Gasteiger charge is 2.16. The Balaban J connectivity index is 2.72. The number of rotatable bonds is 5. The summed E-state index contributed by atoms with van der Waals surface area (Å²) in [5.41, 5.74) is 0.585. The van der Waals surface area contributed by atoms with E-state index < -0.39 is 24.2 Å². The molecule has 1 amide bonds. The number of carbonyl (C=O) groups is 3. The molecular weight excluding hydrogens is 480 g/mol. The molecule has 0 atom stereocenters. The number of aliphatic carboxylic acids is 1. The Bertz CT molecular complexity index is 521. The number of amides is 1. The van der Waals surface area contributed by atoms with Gasteiger partial charge in [-0.1, -0.05) is 0 Å². The molecule has 0 fully saturated rings. The fourth-order valence-electron chi connectivity index (χ4n) is 1.24. The van der Waals surface area contributed by atoms with E-state index in [9.17, 15) is 19.5 Å². The van der Waals surface area contributed by atoms with Crippen LogP contribution in [0.1, 0.15) is 5.56 Å². The summed E-state index contributed by atoms with van der Waals surface area (Å²) in [6, 6.07) is 3.20. The molecule has 3 N–H and O–H groups in total. The van der Waals surface area contributed by atoms with Crippen LogP contribution in [0.5, 0.6) is 5.75 Å². The summed E-state index contributed by atoms with van der Waals surface area (Å²) in [6.45, 7) is -0.588. The van der Waals surface area contributed by atoms with Gasteiger partial charge in [-0.3, -0.25) is 14.4 Å². The van der Waals surface area contributed by atoms with Crippen molar-refractivity contribution in [2.75, 3.05) is 6.54 Å². The molecule has 0 saturated carbocycles. The zero-order chi connectivity index (χ0) is 14.6. The number of phenolic OH excluding ortho intramolecular Hbond substituents is 1. The number of hydrogen-bond donors (Lipinski definition) is 3. The minimum atomic E-state index is -1.21. The number of carboxylic acid groups (broad SMARTS) is 1. The smallest absolute Gasteiger partial charge is 0.322 e. The normalized spacial score (nSPS) is 10.0. The molecular formula is C11H9I2NO5. The molecule has 0 aliphatic heterocycles. The summed E-state index contributed by atoms with van der Waals surface area (Å²) in [7, 11) is 0. The summed E-state index contributed by atoms with van der Waals surface area (Å²) in [5.74, 6) is -2.73. The Morgan fingerprint density at radius 2 is 1.68 bits per heavy atom. The number of phenols is 1. The molecule has 0 spiro atoms. The standard InChI is InChI=1S/C11H9I2NO5/c12-6-1-5(2-7(13)10(6)18)3-8(15)11(19)14-4-9(16)17/h1-2,18H,3-4H2,(H,14,19)(H,16,17). The lowest BCUT2D eigenvalue weighted by Crippen LogP contribution is -2.35. The summed E-state index contributed by atoms with van der Waals surface area (Å²) < 4.78 is 1.16. The van der Waals surface area contributed by atoms with Gasteiger partial charge in [-0.05, 0) is 62.9 Å². The van der Waals surface area contributed by atoms with Gasteiger partial charge in [0.15, 0.2) is 0 Å². The lowest BCUT2D eigenvalue weighted by molar-refractivity contribution is -0.141. The van der Waals surface area contributed by atoms with Gasteiger partial charge in [0, 0.05) is 6.42 Å². The number of aromatic hydroxyl groups is 1. The van der Waals surface area contributed by atoms with Gasteiger partial charge < -0.3 is 15.5 Å². The van der Waals surface area contributed by atoms with Gasteiger partial charge in [0.2, 0.25) is 5.78 Å². The van der Waals surface area contributed by atoms with Crippen molar-refractivity contribution < 1.29 is 24.6 Å². The molecule has 0 radical (unpaired) electrons. The van der Waals surface area contributed by atoms with Crippen LogP contribution in [0.4, 0.5) is 0 Å². The summed E-state index contributed by atoms with van der Waals surface area (Å²) in [6.07, 6.45) is -0.141. The van der Waals surface area contributed by atoms with Crippen LogP contribution in [-0.2, 0) is 20.8 Å². The van der Waals surface area contributed by atoms with Crippen molar-refractivity contribution in [3.8, 4) is 5.75 Å². The Hall–Kier alpha value is -0.910. The SMILES string of the molecule is O=C(O)CNC(=O)C(=O)Cc1cc(I)c(O)c(I)c1. The fraction of sp³-hybridized carbons (Fsp3) is 0.182. The molecule has 0 heterocycles. The van der Waals surface area contributed by atoms with Crippen LogP contribution < -0.4 is 5.32 Å². The summed E-state index contributed by atoms with van der Waals surface area (Å²) >= 11 is 3.84.